The van der Waals surface area contributed by atoms with E-state index >= 15 is 0 Å². The van der Waals surface area contributed by atoms with E-state index in [9.17, 15) is 8.42 Å². The van der Waals surface area contributed by atoms with Gasteiger partial charge in [0.15, 0.2) is 8.32 Å². The Morgan fingerprint density at radius 2 is 1.32 bits per heavy atom. The van der Waals surface area contributed by atoms with Gasteiger partial charge < -0.3 is 8.85 Å². The molecule has 0 bridgehead atoms. The summed E-state index contributed by atoms with van der Waals surface area (Å²) < 4.78 is 43.4. The fourth-order valence-electron chi connectivity index (χ4n) is 8.01. The third kappa shape index (κ3) is 7.65. The van der Waals surface area contributed by atoms with Crippen LogP contribution < -0.4 is 10.4 Å². The van der Waals surface area contributed by atoms with Crippen LogP contribution in [0.3, 0.4) is 0 Å². The molecule has 2 aliphatic rings. The minimum Gasteiger partial charge on any atom is -0.414 e. The lowest BCUT2D eigenvalue weighted by molar-refractivity contribution is 0.0326. The van der Waals surface area contributed by atoms with Gasteiger partial charge in [0, 0.05) is 12.0 Å². The standard InChI is InChI=1S/C33H49Cl3O5SSi2/c1-8-43(9-2,10-3)41-29-22-24-21-25(23-28(24)30(29)31(33(34,35)36)39-42(7,37)38)40-44(32(4,5)6,26-17-13-11-14-18-26)27-19-15-12-16-20-27/h11-20,24-25,28-31H,8-10,21-23H2,1-7H3/t24-,25-,28-,29+,30+,31+/m0/s1. The number of alkyl halides is 3. The number of rotatable bonds is 12. The van der Waals surface area contributed by atoms with Gasteiger partial charge in [-0.15, -0.1) is 0 Å². The first kappa shape index (κ1) is 36.4. The molecule has 2 aliphatic carbocycles. The predicted molar refractivity (Wildman–Crippen MR) is 189 cm³/mol. The third-order valence-electron chi connectivity index (χ3n) is 10.2. The van der Waals surface area contributed by atoms with E-state index in [1.54, 1.807) is 0 Å². The van der Waals surface area contributed by atoms with E-state index in [0.717, 1.165) is 43.7 Å². The van der Waals surface area contributed by atoms with E-state index in [1.807, 2.05) is 12.1 Å². The van der Waals surface area contributed by atoms with Crippen molar-refractivity contribution in [2.45, 2.75) is 106 Å². The monoisotopic (exact) mass is 718 g/mol. The van der Waals surface area contributed by atoms with Crippen LogP contribution in [0.25, 0.3) is 0 Å². The van der Waals surface area contributed by atoms with Crippen molar-refractivity contribution >= 4 is 71.9 Å². The van der Waals surface area contributed by atoms with Crippen molar-refractivity contribution in [3.8, 4) is 0 Å². The van der Waals surface area contributed by atoms with E-state index in [4.69, 9.17) is 47.8 Å². The molecule has 0 spiro atoms. The maximum atomic E-state index is 12.5. The third-order valence-corrected chi connectivity index (χ3v) is 21.2. The van der Waals surface area contributed by atoms with Crippen LogP contribution in [0.15, 0.2) is 60.7 Å². The Morgan fingerprint density at radius 1 is 0.818 bits per heavy atom. The van der Waals surface area contributed by atoms with Crippen molar-refractivity contribution in [1.82, 2.24) is 0 Å². The number of hydrogen-bond acceptors (Lipinski definition) is 5. The zero-order valence-electron chi connectivity index (χ0n) is 27.1. The molecule has 2 aromatic carbocycles. The topological polar surface area (TPSA) is 61.8 Å². The van der Waals surface area contributed by atoms with Crippen LogP contribution in [-0.2, 0) is 23.2 Å². The highest BCUT2D eigenvalue weighted by molar-refractivity contribution is 7.86. The molecule has 246 valence electrons. The van der Waals surface area contributed by atoms with Crippen molar-refractivity contribution in [1.29, 1.82) is 0 Å². The fourth-order valence-corrected chi connectivity index (χ4v) is 17.0. The van der Waals surface area contributed by atoms with Crippen LogP contribution in [0.1, 0.15) is 60.8 Å². The summed E-state index contributed by atoms with van der Waals surface area (Å²) in [6.45, 7) is 13.4. The van der Waals surface area contributed by atoms with Crippen LogP contribution in [0.4, 0.5) is 0 Å². The van der Waals surface area contributed by atoms with Crippen LogP contribution in [0, 0.1) is 17.8 Å². The molecule has 2 saturated carbocycles. The van der Waals surface area contributed by atoms with Crippen LogP contribution >= 0.6 is 34.8 Å². The number of halogens is 3. The van der Waals surface area contributed by atoms with Gasteiger partial charge in [-0.05, 0) is 64.6 Å². The van der Waals surface area contributed by atoms with Crippen LogP contribution in [0.5, 0.6) is 0 Å². The normalized spacial score (nSPS) is 25.6. The van der Waals surface area contributed by atoms with E-state index in [1.165, 1.54) is 10.4 Å². The maximum Gasteiger partial charge on any atom is 0.264 e. The highest BCUT2D eigenvalue weighted by Crippen LogP contribution is 2.56. The van der Waals surface area contributed by atoms with E-state index in [2.05, 4.69) is 90.1 Å². The highest BCUT2D eigenvalue weighted by Gasteiger charge is 2.60. The average Bonchev–Trinajstić information content (AvgIpc) is 3.49. The number of fused-ring (bicyclic) bond motifs is 1. The molecule has 0 aromatic heterocycles. The van der Waals surface area contributed by atoms with Crippen LogP contribution in [0.2, 0.25) is 23.2 Å². The van der Waals surface area contributed by atoms with Crippen molar-refractivity contribution < 1.29 is 21.5 Å². The lowest BCUT2D eigenvalue weighted by Crippen LogP contribution is -2.67. The quantitative estimate of drug-likeness (QED) is 0.126. The number of benzene rings is 2. The summed E-state index contributed by atoms with van der Waals surface area (Å²) in [6, 6.07) is 24.2. The Hall–Kier alpha value is -0.426. The highest BCUT2D eigenvalue weighted by atomic mass is 35.6. The van der Waals surface area contributed by atoms with Crippen molar-refractivity contribution in [2.24, 2.45) is 17.8 Å². The molecule has 0 heterocycles. The van der Waals surface area contributed by atoms with Crippen molar-refractivity contribution in [3.63, 3.8) is 0 Å². The van der Waals surface area contributed by atoms with Gasteiger partial charge in [-0.3, -0.25) is 4.18 Å². The molecule has 11 heteroatoms. The first-order chi connectivity index (χ1) is 20.5. The zero-order valence-corrected chi connectivity index (χ0v) is 32.1. The molecule has 2 fully saturated rings. The fraction of sp³-hybridized carbons (Fsp3) is 0.636. The molecule has 6 atom stereocenters. The van der Waals surface area contributed by atoms with E-state index in [-0.39, 0.29) is 29.1 Å². The van der Waals surface area contributed by atoms with Crippen molar-refractivity contribution in [2.75, 3.05) is 6.26 Å². The summed E-state index contributed by atoms with van der Waals surface area (Å²) in [5, 5.41) is 2.31. The molecular weight excluding hydrogens is 671 g/mol. The summed E-state index contributed by atoms with van der Waals surface area (Å²) in [5.74, 6) is -0.127. The molecule has 0 saturated heterocycles. The van der Waals surface area contributed by atoms with Gasteiger partial charge in [-0.25, -0.2) is 0 Å². The predicted octanol–water partition coefficient (Wildman–Crippen LogP) is 8.08. The second kappa shape index (κ2) is 14.0. The Labute approximate surface area is 282 Å². The minimum absolute atomic E-state index is 0.0304. The SMILES string of the molecule is CC[Si](CC)(CC)O[C@@H]1C[C@@H]2C[C@H](O[Si](c3ccccc3)(c3ccccc3)C(C)(C)C)C[C@@H]2[C@H]1[C@@H](OS(C)(=O)=O)C(Cl)(Cl)Cl. The van der Waals surface area contributed by atoms with Gasteiger partial charge in [-0.1, -0.05) is 137 Å². The number of hydrogen-bond donors (Lipinski definition) is 0. The smallest absolute Gasteiger partial charge is 0.264 e. The second-order valence-corrected chi connectivity index (χ2v) is 26.7. The van der Waals surface area contributed by atoms with Crippen LogP contribution in [-0.4, -0.2) is 53.4 Å². The van der Waals surface area contributed by atoms with E-state index < -0.39 is 42.6 Å². The summed E-state index contributed by atoms with van der Waals surface area (Å²) in [4.78, 5) is 0. The lowest BCUT2D eigenvalue weighted by Gasteiger charge is -2.45. The van der Waals surface area contributed by atoms with Crippen molar-refractivity contribution in [3.05, 3.63) is 60.7 Å². The average molecular weight is 720 g/mol. The molecule has 5 nitrogen and oxygen atoms in total. The molecule has 0 aliphatic heterocycles. The summed E-state index contributed by atoms with van der Waals surface area (Å²) in [7, 11) is -8.76. The van der Waals surface area contributed by atoms with Gasteiger partial charge in [-0.2, -0.15) is 8.42 Å². The first-order valence-corrected chi connectivity index (χ1v) is 23.3. The molecule has 0 radical (unpaired) electrons. The van der Waals surface area contributed by atoms with Gasteiger partial charge in [0.25, 0.3) is 18.4 Å². The Kier molecular flexibility index (Phi) is 11.6. The van der Waals surface area contributed by atoms with Gasteiger partial charge in [0.05, 0.1) is 12.4 Å². The molecule has 4 rings (SSSR count). The molecule has 0 unspecified atom stereocenters. The Bertz CT molecular complexity index is 1280. The molecule has 0 N–H and O–H groups in total. The van der Waals surface area contributed by atoms with Gasteiger partial charge >= 0.3 is 0 Å². The molecule has 44 heavy (non-hydrogen) atoms. The Morgan fingerprint density at radius 3 is 1.73 bits per heavy atom. The molecule has 2 aromatic rings. The summed E-state index contributed by atoms with van der Waals surface area (Å²) >= 11 is 19.6. The largest absolute Gasteiger partial charge is 0.414 e. The summed E-state index contributed by atoms with van der Waals surface area (Å²) in [5.41, 5.74) is 0. The molecule has 0 amide bonds. The second-order valence-electron chi connectivity index (χ2n) is 13.8. The summed E-state index contributed by atoms with van der Waals surface area (Å²) in [6.07, 6.45) is 1.91. The molecular formula is C33H49Cl3O5SSi2. The van der Waals surface area contributed by atoms with E-state index in [0.29, 0.717) is 0 Å². The minimum atomic E-state index is -3.91. The van der Waals surface area contributed by atoms with Gasteiger partial charge in [0.1, 0.15) is 6.10 Å². The van der Waals surface area contributed by atoms with Gasteiger partial charge in [0.2, 0.25) is 3.79 Å². The lowest BCUT2D eigenvalue weighted by atomic mass is 9.87. The Balaban J connectivity index is 1.76. The first-order valence-electron chi connectivity index (χ1n) is 15.9. The zero-order chi connectivity index (χ0) is 32.6. The maximum absolute atomic E-state index is 12.5.